The lowest BCUT2D eigenvalue weighted by Gasteiger charge is -1.70. The highest BCUT2D eigenvalue weighted by Crippen LogP contribution is 2.01. The van der Waals surface area contributed by atoms with E-state index in [-0.39, 0.29) is 0 Å². The van der Waals surface area contributed by atoms with Crippen molar-refractivity contribution in [1.82, 2.24) is 0 Å². The lowest BCUT2D eigenvalue weighted by molar-refractivity contribution is 1.84. The first-order chi connectivity index (χ1) is 2.41. The second-order valence-electron chi connectivity index (χ2n) is 0.573. The third kappa shape index (κ3) is 4.44. The minimum absolute atomic E-state index is 0.884. The molecule has 2 heteroatoms. The second-order valence-corrected chi connectivity index (χ2v) is 1.85. The maximum Gasteiger partial charge on any atom is 0.0223 e. The molecule has 1 radical (unpaired) electrons. The Balaban J connectivity index is 2.40. The molecule has 0 aliphatic rings. The summed E-state index contributed by atoms with van der Waals surface area (Å²) in [5.74, 6) is 0.884. The Morgan fingerprint density at radius 2 is 2.60 bits per heavy atom. The summed E-state index contributed by atoms with van der Waals surface area (Å²) in [5.41, 5.74) is 0. The van der Waals surface area contributed by atoms with Gasteiger partial charge in [-0.1, -0.05) is 16.9 Å². The van der Waals surface area contributed by atoms with Crippen molar-refractivity contribution < 1.29 is 0 Å². The highest BCUT2D eigenvalue weighted by atomic mass is 33.1. The molecule has 0 rings (SSSR count). The molecule has 5 heavy (non-hydrogen) atoms. The topological polar surface area (TPSA) is 0 Å². The van der Waals surface area contributed by atoms with Crippen molar-refractivity contribution in [3.63, 3.8) is 0 Å². The van der Waals surface area contributed by atoms with Crippen LogP contribution in [0.15, 0.2) is 12.7 Å². The standard InChI is InChI=1S/C3H5S2/c1-2-3-5-4/h2H,1,3H2. The fourth-order valence-corrected chi connectivity index (χ4v) is 0.433. The summed E-state index contributed by atoms with van der Waals surface area (Å²) in [6, 6.07) is 0. The summed E-state index contributed by atoms with van der Waals surface area (Å²) < 4.78 is 0. The minimum atomic E-state index is 0.884. The Labute approximate surface area is 41.5 Å². The van der Waals surface area contributed by atoms with Gasteiger partial charge in [0.2, 0.25) is 0 Å². The van der Waals surface area contributed by atoms with Crippen LogP contribution in [0.4, 0.5) is 0 Å². The maximum absolute atomic E-state index is 4.50. The average molecular weight is 105 g/mol. The van der Waals surface area contributed by atoms with Crippen LogP contribution >= 0.6 is 22.5 Å². The molecule has 29 valence electrons. The molecule has 0 aromatic heterocycles. The first-order valence-corrected chi connectivity index (χ1v) is 3.18. The number of hydrogen-bond acceptors (Lipinski definition) is 1. The summed E-state index contributed by atoms with van der Waals surface area (Å²) in [6.45, 7) is 3.46. The lowest BCUT2D eigenvalue weighted by Crippen LogP contribution is -1.52. The van der Waals surface area contributed by atoms with E-state index < -0.39 is 0 Å². The van der Waals surface area contributed by atoms with Crippen molar-refractivity contribution >= 4 is 22.5 Å². The molecule has 0 nitrogen and oxygen atoms in total. The molecular formula is C3H5S2. The molecule has 0 bridgehead atoms. The van der Waals surface area contributed by atoms with Gasteiger partial charge in [0.25, 0.3) is 0 Å². The molecule has 0 aliphatic carbocycles. The Morgan fingerprint density at radius 3 is 2.60 bits per heavy atom. The van der Waals surface area contributed by atoms with E-state index in [1.54, 1.807) is 6.08 Å². The summed E-state index contributed by atoms with van der Waals surface area (Å²) in [6.07, 6.45) is 1.79. The minimum Gasteiger partial charge on any atom is -0.102 e. The van der Waals surface area contributed by atoms with Crippen LogP contribution < -0.4 is 0 Å². The van der Waals surface area contributed by atoms with Crippen molar-refractivity contribution in [2.24, 2.45) is 0 Å². The zero-order chi connectivity index (χ0) is 4.12. The molecule has 0 fully saturated rings. The smallest absolute Gasteiger partial charge is 0.0223 e. The zero-order valence-electron chi connectivity index (χ0n) is 2.81. The van der Waals surface area contributed by atoms with Crippen LogP contribution in [0.3, 0.4) is 0 Å². The van der Waals surface area contributed by atoms with Gasteiger partial charge in [-0.05, 0) is 11.7 Å². The average Bonchev–Trinajstić information content (AvgIpc) is 1.41. The highest BCUT2D eigenvalue weighted by Gasteiger charge is 1.63. The molecule has 0 saturated heterocycles. The van der Waals surface area contributed by atoms with Gasteiger partial charge < -0.3 is 0 Å². The largest absolute Gasteiger partial charge is 0.102 e. The molecule has 0 aliphatic heterocycles. The summed E-state index contributed by atoms with van der Waals surface area (Å²) >= 11 is 4.50. The highest BCUT2D eigenvalue weighted by molar-refractivity contribution is 8.68. The lowest BCUT2D eigenvalue weighted by atomic mass is 10.8. The Morgan fingerprint density at radius 1 is 2.00 bits per heavy atom. The van der Waals surface area contributed by atoms with Crippen LogP contribution in [-0.4, -0.2) is 5.75 Å². The molecule has 0 amide bonds. The zero-order valence-corrected chi connectivity index (χ0v) is 4.44. The molecule has 0 heterocycles. The van der Waals surface area contributed by atoms with Crippen LogP contribution in [0.1, 0.15) is 0 Å². The van der Waals surface area contributed by atoms with Gasteiger partial charge in [0, 0.05) is 5.75 Å². The maximum atomic E-state index is 4.50. The van der Waals surface area contributed by atoms with E-state index in [0.29, 0.717) is 0 Å². The van der Waals surface area contributed by atoms with Crippen molar-refractivity contribution in [3.8, 4) is 0 Å². The van der Waals surface area contributed by atoms with E-state index in [0.717, 1.165) is 5.75 Å². The van der Waals surface area contributed by atoms with Crippen molar-refractivity contribution in [3.05, 3.63) is 12.7 Å². The van der Waals surface area contributed by atoms with Gasteiger partial charge in [-0.25, -0.2) is 0 Å². The first kappa shape index (κ1) is 5.44. The predicted octanol–water partition coefficient (Wildman–Crippen LogP) is 2.02. The molecule has 0 atom stereocenters. The van der Waals surface area contributed by atoms with Crippen LogP contribution in [0.2, 0.25) is 0 Å². The summed E-state index contributed by atoms with van der Waals surface area (Å²) in [7, 11) is 1.37. The van der Waals surface area contributed by atoms with Gasteiger partial charge in [0.05, 0.1) is 0 Å². The third-order valence-corrected chi connectivity index (χ3v) is 0.966. The van der Waals surface area contributed by atoms with Crippen LogP contribution in [0, 0.1) is 0 Å². The second kappa shape index (κ2) is 4.44. The summed E-state index contributed by atoms with van der Waals surface area (Å²) in [5, 5.41) is 0. The van der Waals surface area contributed by atoms with Crippen molar-refractivity contribution in [1.29, 1.82) is 0 Å². The fourth-order valence-electron chi connectivity index (χ4n) is 0.0481. The van der Waals surface area contributed by atoms with Gasteiger partial charge in [-0.15, -0.1) is 6.58 Å². The molecule has 0 aromatic carbocycles. The number of rotatable bonds is 2. The van der Waals surface area contributed by atoms with E-state index in [9.17, 15) is 0 Å². The SMILES string of the molecule is C=CCS[S]. The van der Waals surface area contributed by atoms with E-state index in [1.807, 2.05) is 0 Å². The first-order valence-electron chi connectivity index (χ1n) is 1.27. The Kier molecular flexibility index (Phi) is 4.83. The van der Waals surface area contributed by atoms with Crippen LogP contribution in [0.5, 0.6) is 0 Å². The van der Waals surface area contributed by atoms with Gasteiger partial charge in [0.15, 0.2) is 0 Å². The van der Waals surface area contributed by atoms with Gasteiger partial charge in [0.1, 0.15) is 0 Å². The molecule has 0 unspecified atom stereocenters. The Hall–Kier alpha value is 0.440. The van der Waals surface area contributed by atoms with Crippen molar-refractivity contribution in [2.75, 3.05) is 5.75 Å². The van der Waals surface area contributed by atoms with Crippen molar-refractivity contribution in [2.45, 2.75) is 0 Å². The quantitative estimate of drug-likeness (QED) is 0.382. The summed E-state index contributed by atoms with van der Waals surface area (Å²) in [4.78, 5) is 0. The normalized spacial score (nSPS) is 7.40. The number of hydrogen-bond donors (Lipinski definition) is 0. The molecule has 0 N–H and O–H groups in total. The van der Waals surface area contributed by atoms with Crippen LogP contribution in [-0.2, 0) is 0 Å². The van der Waals surface area contributed by atoms with Gasteiger partial charge in [-0.2, -0.15) is 0 Å². The van der Waals surface area contributed by atoms with Gasteiger partial charge >= 0.3 is 0 Å². The van der Waals surface area contributed by atoms with E-state index in [1.165, 1.54) is 10.8 Å². The molecular weight excluding hydrogens is 100 g/mol. The van der Waals surface area contributed by atoms with Crippen LogP contribution in [0.25, 0.3) is 0 Å². The molecule has 0 aromatic rings. The van der Waals surface area contributed by atoms with E-state index >= 15 is 0 Å². The fraction of sp³-hybridized carbons (Fsp3) is 0.333. The molecule has 0 spiro atoms. The monoisotopic (exact) mass is 105 g/mol. The van der Waals surface area contributed by atoms with Gasteiger partial charge in [-0.3, -0.25) is 0 Å². The third-order valence-electron chi connectivity index (χ3n) is 0.186. The predicted molar refractivity (Wildman–Crippen MR) is 30.2 cm³/mol. The molecule has 0 saturated carbocycles. The van der Waals surface area contributed by atoms with E-state index in [4.69, 9.17) is 0 Å². The van der Waals surface area contributed by atoms with E-state index in [2.05, 4.69) is 18.2 Å². The Bertz CT molecular complexity index is 26.1.